The van der Waals surface area contributed by atoms with Crippen LogP contribution in [0.1, 0.15) is 40.2 Å². The highest BCUT2D eigenvalue weighted by Gasteiger charge is 2.39. The largest absolute Gasteiger partial charge is 0.497 e. The van der Waals surface area contributed by atoms with Gasteiger partial charge >= 0.3 is 0 Å². The zero-order chi connectivity index (χ0) is 22.6. The Labute approximate surface area is 183 Å². The van der Waals surface area contributed by atoms with Gasteiger partial charge in [0.2, 0.25) is 0 Å². The van der Waals surface area contributed by atoms with Crippen molar-refractivity contribution in [2.24, 2.45) is 5.41 Å². The molecule has 0 atom stereocenters. The molecule has 30 heavy (non-hydrogen) atoms. The first kappa shape index (κ1) is 24.1. The van der Waals surface area contributed by atoms with Crippen LogP contribution >= 0.6 is 0 Å². The monoisotopic (exact) mass is 433 g/mol. The van der Waals surface area contributed by atoms with Gasteiger partial charge in [-0.25, -0.2) is 0 Å². The molecule has 1 aliphatic rings. The number of nitrogens with one attached hydrogen (secondary N) is 3. The molecular formula is C23H39N3O3Si. The average Bonchev–Trinajstić information content (AvgIpc) is 2.70. The normalized spacial score (nSPS) is 14.8. The van der Waals surface area contributed by atoms with Gasteiger partial charge in [-0.3, -0.25) is 5.43 Å². The molecule has 1 aromatic carbocycles. The van der Waals surface area contributed by atoms with E-state index in [2.05, 4.69) is 70.0 Å². The van der Waals surface area contributed by atoms with E-state index in [9.17, 15) is 0 Å². The molecular weight excluding hydrogens is 394 g/mol. The van der Waals surface area contributed by atoms with Crippen LogP contribution in [0.2, 0.25) is 18.1 Å². The quantitative estimate of drug-likeness (QED) is 0.492. The third kappa shape index (κ3) is 5.95. The van der Waals surface area contributed by atoms with Crippen molar-refractivity contribution >= 4 is 8.32 Å². The Bertz CT molecular complexity index is 795. The fraction of sp³-hybridized carbons (Fsp3) is 0.565. The van der Waals surface area contributed by atoms with E-state index in [-0.39, 0.29) is 10.5 Å². The van der Waals surface area contributed by atoms with Crippen molar-refractivity contribution in [3.63, 3.8) is 0 Å². The first-order valence-electron chi connectivity index (χ1n) is 10.4. The molecule has 0 spiro atoms. The maximum atomic E-state index is 6.50. The Kier molecular flexibility index (Phi) is 7.53. The Hall–Kier alpha value is -2.12. The van der Waals surface area contributed by atoms with Crippen LogP contribution in [0.5, 0.6) is 11.5 Å². The SMILES string of the molecule is COc1ccc(CNC2=CC(C(C)(C)CO[Si](C)(C)C(C)(C)C)=CNN2)c(OC)c1. The summed E-state index contributed by atoms with van der Waals surface area (Å²) in [6.45, 7) is 17.2. The van der Waals surface area contributed by atoms with E-state index < -0.39 is 8.32 Å². The molecule has 0 amide bonds. The lowest BCUT2D eigenvalue weighted by Crippen LogP contribution is -2.44. The summed E-state index contributed by atoms with van der Waals surface area (Å²) in [5.41, 5.74) is 8.46. The Morgan fingerprint density at radius 2 is 1.73 bits per heavy atom. The second-order valence-corrected chi connectivity index (χ2v) is 14.7. The maximum absolute atomic E-state index is 6.50. The fourth-order valence-electron chi connectivity index (χ4n) is 2.76. The van der Waals surface area contributed by atoms with Gasteiger partial charge in [-0.15, -0.1) is 0 Å². The van der Waals surface area contributed by atoms with Crippen molar-refractivity contribution in [3.05, 3.63) is 47.4 Å². The summed E-state index contributed by atoms with van der Waals surface area (Å²) in [5.74, 6) is 2.48. The molecule has 1 heterocycles. The molecule has 1 aromatic rings. The summed E-state index contributed by atoms with van der Waals surface area (Å²) in [5, 5.41) is 3.64. The number of ether oxygens (including phenoxy) is 2. The van der Waals surface area contributed by atoms with Gasteiger partial charge in [-0.2, -0.15) is 0 Å². The minimum Gasteiger partial charge on any atom is -0.497 e. The number of allylic oxidation sites excluding steroid dienone is 1. The number of methoxy groups -OCH3 is 2. The zero-order valence-electron chi connectivity index (χ0n) is 20.0. The summed E-state index contributed by atoms with van der Waals surface area (Å²) < 4.78 is 17.3. The summed E-state index contributed by atoms with van der Waals surface area (Å²) in [4.78, 5) is 0. The molecule has 168 valence electrons. The maximum Gasteiger partial charge on any atom is 0.192 e. The van der Waals surface area contributed by atoms with E-state index in [1.807, 2.05) is 24.4 Å². The molecule has 0 radical (unpaired) electrons. The Morgan fingerprint density at radius 1 is 1.03 bits per heavy atom. The van der Waals surface area contributed by atoms with Gasteiger partial charge < -0.3 is 24.6 Å². The van der Waals surface area contributed by atoms with Crippen molar-refractivity contribution in [2.75, 3.05) is 20.8 Å². The van der Waals surface area contributed by atoms with E-state index in [1.165, 1.54) is 5.57 Å². The third-order valence-corrected chi connectivity index (χ3v) is 10.6. The van der Waals surface area contributed by atoms with Crippen molar-refractivity contribution < 1.29 is 13.9 Å². The Balaban J connectivity index is 2.05. The topological polar surface area (TPSA) is 63.8 Å². The lowest BCUT2D eigenvalue weighted by Gasteiger charge is -2.39. The van der Waals surface area contributed by atoms with Gasteiger partial charge in [0, 0.05) is 36.4 Å². The predicted octanol–water partition coefficient (Wildman–Crippen LogP) is 4.67. The summed E-state index contributed by atoms with van der Waals surface area (Å²) in [6.07, 6.45) is 4.15. The molecule has 1 aliphatic heterocycles. The molecule has 0 aliphatic carbocycles. The van der Waals surface area contributed by atoms with Gasteiger partial charge in [0.25, 0.3) is 0 Å². The highest BCUT2D eigenvalue weighted by Crippen LogP contribution is 2.39. The van der Waals surface area contributed by atoms with E-state index >= 15 is 0 Å². The lowest BCUT2D eigenvalue weighted by molar-refractivity contribution is 0.195. The minimum atomic E-state index is -1.80. The lowest BCUT2D eigenvalue weighted by atomic mass is 9.85. The highest BCUT2D eigenvalue weighted by atomic mass is 28.4. The Morgan fingerprint density at radius 3 is 2.33 bits per heavy atom. The average molecular weight is 434 g/mol. The minimum absolute atomic E-state index is 0.116. The number of hydrogen-bond donors (Lipinski definition) is 3. The van der Waals surface area contributed by atoms with Crippen LogP contribution in [-0.2, 0) is 11.0 Å². The second kappa shape index (κ2) is 9.35. The number of rotatable bonds is 9. The van der Waals surface area contributed by atoms with Crippen molar-refractivity contribution in [1.29, 1.82) is 0 Å². The molecule has 0 fully saturated rings. The van der Waals surface area contributed by atoms with Crippen LogP contribution in [0.25, 0.3) is 0 Å². The first-order chi connectivity index (χ1) is 13.9. The van der Waals surface area contributed by atoms with Gasteiger partial charge in [0.05, 0.1) is 14.2 Å². The molecule has 6 nitrogen and oxygen atoms in total. The van der Waals surface area contributed by atoms with E-state index in [0.717, 1.165) is 22.9 Å². The van der Waals surface area contributed by atoms with Crippen LogP contribution in [0, 0.1) is 5.41 Å². The van der Waals surface area contributed by atoms with Crippen LogP contribution < -0.4 is 25.6 Å². The van der Waals surface area contributed by atoms with Crippen LogP contribution in [0.15, 0.2) is 41.9 Å². The molecule has 3 N–H and O–H groups in total. The van der Waals surface area contributed by atoms with Crippen LogP contribution in [0.3, 0.4) is 0 Å². The molecule has 2 rings (SSSR count). The molecule has 0 saturated carbocycles. The van der Waals surface area contributed by atoms with E-state index in [1.54, 1.807) is 14.2 Å². The molecule has 0 unspecified atom stereocenters. The standard InChI is InChI=1S/C23H39N3O3Si/c1-22(2,3)30(8,9)29-16-23(4,5)18-12-21(26-25-15-18)24-14-17-10-11-19(27-6)13-20(17)28-7/h10-13,15,24-26H,14,16H2,1-9H3. The molecule has 7 heteroatoms. The summed E-state index contributed by atoms with van der Waals surface area (Å²) >= 11 is 0. The summed E-state index contributed by atoms with van der Waals surface area (Å²) in [7, 11) is 1.53. The molecule has 0 bridgehead atoms. The number of benzene rings is 1. The van der Waals surface area contributed by atoms with Crippen LogP contribution in [0.4, 0.5) is 0 Å². The summed E-state index contributed by atoms with van der Waals surface area (Å²) in [6, 6.07) is 5.84. The molecule has 0 saturated heterocycles. The van der Waals surface area contributed by atoms with Crippen molar-refractivity contribution in [3.8, 4) is 11.5 Å². The van der Waals surface area contributed by atoms with Crippen LogP contribution in [-0.4, -0.2) is 29.1 Å². The zero-order valence-corrected chi connectivity index (χ0v) is 21.0. The van der Waals surface area contributed by atoms with E-state index in [0.29, 0.717) is 13.2 Å². The molecule has 0 aromatic heterocycles. The predicted molar refractivity (Wildman–Crippen MR) is 126 cm³/mol. The van der Waals surface area contributed by atoms with Crippen molar-refractivity contribution in [2.45, 2.75) is 59.3 Å². The first-order valence-corrected chi connectivity index (χ1v) is 13.3. The van der Waals surface area contributed by atoms with E-state index in [4.69, 9.17) is 13.9 Å². The number of hydrazine groups is 1. The van der Waals surface area contributed by atoms with Gasteiger partial charge in [0.1, 0.15) is 17.3 Å². The fourth-order valence-corrected chi connectivity index (χ4v) is 3.91. The number of hydrogen-bond acceptors (Lipinski definition) is 6. The third-order valence-electron chi connectivity index (χ3n) is 6.08. The highest BCUT2D eigenvalue weighted by molar-refractivity contribution is 6.74. The van der Waals surface area contributed by atoms with Gasteiger partial charge in [0.15, 0.2) is 8.32 Å². The smallest absolute Gasteiger partial charge is 0.192 e. The van der Waals surface area contributed by atoms with Crippen molar-refractivity contribution in [1.82, 2.24) is 16.2 Å². The van der Waals surface area contributed by atoms with Gasteiger partial charge in [-0.1, -0.05) is 34.6 Å². The second-order valence-electron chi connectivity index (χ2n) is 9.89. The van der Waals surface area contributed by atoms with Gasteiger partial charge in [-0.05, 0) is 41.9 Å².